The van der Waals surface area contributed by atoms with Crippen molar-refractivity contribution in [1.29, 1.82) is 0 Å². The molecule has 0 amide bonds. The van der Waals surface area contributed by atoms with E-state index in [0.717, 1.165) is 7.11 Å². The van der Waals surface area contributed by atoms with E-state index in [0.29, 0.717) is 28.9 Å². The van der Waals surface area contributed by atoms with Crippen LogP contribution in [0.15, 0.2) is 17.7 Å². The maximum absolute atomic E-state index is 13.9. The van der Waals surface area contributed by atoms with Crippen LogP contribution in [0.5, 0.6) is 17.2 Å². The highest BCUT2D eigenvalue weighted by atomic mass is 16.7. The van der Waals surface area contributed by atoms with E-state index in [2.05, 4.69) is 0 Å². The van der Waals surface area contributed by atoms with Gasteiger partial charge in [-0.15, -0.1) is 0 Å². The van der Waals surface area contributed by atoms with Gasteiger partial charge in [-0.2, -0.15) is 0 Å². The van der Waals surface area contributed by atoms with Crippen LogP contribution in [0.3, 0.4) is 0 Å². The summed E-state index contributed by atoms with van der Waals surface area (Å²) in [6.45, 7) is 7.21. The molecule has 1 aliphatic carbocycles. The predicted molar refractivity (Wildman–Crippen MR) is 128 cm³/mol. The van der Waals surface area contributed by atoms with Crippen molar-refractivity contribution in [2.45, 2.75) is 52.1 Å². The summed E-state index contributed by atoms with van der Waals surface area (Å²) in [7, 11) is 2.35. The third-order valence-corrected chi connectivity index (χ3v) is 7.79. The van der Waals surface area contributed by atoms with Crippen molar-refractivity contribution in [2.24, 2.45) is 17.8 Å². The standard InChI is InChI=1S/C27H32O10/c1-7-13(2)25(30)37-21-15(4)14(3)8-16(9-19(28)32-5)27(24(29)26(31)33-6)11-34-23-20(27)17(21)10-18-22(23)36-12-35-18/h9-10,13-15,21H,7-8,11-12H2,1-6H3. The van der Waals surface area contributed by atoms with E-state index in [9.17, 15) is 19.2 Å². The average Bonchev–Trinajstić information content (AvgIpc) is 3.53. The molecular weight excluding hydrogens is 484 g/mol. The second kappa shape index (κ2) is 10.1. The van der Waals surface area contributed by atoms with Crippen molar-refractivity contribution in [1.82, 2.24) is 0 Å². The van der Waals surface area contributed by atoms with Gasteiger partial charge in [-0.1, -0.05) is 27.7 Å². The first-order valence-electron chi connectivity index (χ1n) is 12.3. The van der Waals surface area contributed by atoms with Gasteiger partial charge < -0.3 is 28.4 Å². The minimum atomic E-state index is -1.72. The first-order valence-corrected chi connectivity index (χ1v) is 12.3. The molecule has 0 bridgehead atoms. The molecule has 0 saturated heterocycles. The molecule has 4 rings (SSSR count). The molecule has 2 heterocycles. The number of hydrogen-bond donors (Lipinski definition) is 0. The molecule has 3 aliphatic rings. The van der Waals surface area contributed by atoms with Crippen molar-refractivity contribution in [2.75, 3.05) is 27.6 Å². The molecule has 2 aliphatic heterocycles. The Bertz CT molecular complexity index is 1170. The van der Waals surface area contributed by atoms with Crippen molar-refractivity contribution in [3.63, 3.8) is 0 Å². The van der Waals surface area contributed by atoms with Gasteiger partial charge >= 0.3 is 17.9 Å². The Morgan fingerprint density at radius 2 is 1.84 bits per heavy atom. The van der Waals surface area contributed by atoms with Crippen molar-refractivity contribution >= 4 is 23.7 Å². The second-order valence-corrected chi connectivity index (χ2v) is 9.82. The number of carbonyl (C=O) groups excluding carboxylic acids is 4. The Kier molecular flexibility index (Phi) is 7.21. The Morgan fingerprint density at radius 1 is 1.11 bits per heavy atom. The third kappa shape index (κ3) is 4.22. The number of fused-ring (bicyclic) bond motifs is 2. The molecule has 0 radical (unpaired) electrons. The van der Waals surface area contributed by atoms with Crippen molar-refractivity contribution in [3.8, 4) is 17.2 Å². The van der Waals surface area contributed by atoms with Crippen molar-refractivity contribution < 1.29 is 47.6 Å². The summed E-state index contributed by atoms with van der Waals surface area (Å²) < 4.78 is 33.2. The molecule has 37 heavy (non-hydrogen) atoms. The number of ether oxygens (including phenoxy) is 6. The average molecular weight is 517 g/mol. The smallest absolute Gasteiger partial charge is 0.375 e. The zero-order valence-electron chi connectivity index (χ0n) is 21.9. The Labute approximate surface area is 215 Å². The fourth-order valence-electron chi connectivity index (χ4n) is 5.18. The molecule has 0 fully saturated rings. The summed E-state index contributed by atoms with van der Waals surface area (Å²) in [5.74, 6) is -2.96. The zero-order chi connectivity index (χ0) is 27.1. The number of methoxy groups -OCH3 is 2. The van der Waals surface area contributed by atoms with E-state index in [1.54, 1.807) is 13.0 Å². The van der Waals surface area contributed by atoms with Gasteiger partial charge in [0, 0.05) is 23.1 Å². The van der Waals surface area contributed by atoms with Crippen LogP contribution in [0, 0.1) is 17.8 Å². The van der Waals surface area contributed by atoms with E-state index >= 15 is 0 Å². The minimum Gasteiger partial charge on any atom is -0.487 e. The van der Waals surface area contributed by atoms with Gasteiger partial charge in [-0.3, -0.25) is 9.59 Å². The summed E-state index contributed by atoms with van der Waals surface area (Å²) in [5, 5.41) is 0. The van der Waals surface area contributed by atoms with Gasteiger partial charge in [0.15, 0.2) is 11.5 Å². The predicted octanol–water partition coefficient (Wildman–Crippen LogP) is 3.19. The van der Waals surface area contributed by atoms with Crippen LogP contribution in [0.2, 0.25) is 0 Å². The van der Waals surface area contributed by atoms with Crippen LogP contribution in [0.25, 0.3) is 0 Å². The van der Waals surface area contributed by atoms with Gasteiger partial charge in [0.05, 0.1) is 20.1 Å². The van der Waals surface area contributed by atoms with Crippen LogP contribution in [-0.4, -0.2) is 51.3 Å². The minimum absolute atomic E-state index is 0.0688. The summed E-state index contributed by atoms with van der Waals surface area (Å²) in [6.07, 6.45) is 1.27. The fraction of sp³-hybridized carbons (Fsp3) is 0.556. The largest absolute Gasteiger partial charge is 0.487 e. The van der Waals surface area contributed by atoms with E-state index in [1.807, 2.05) is 20.8 Å². The maximum Gasteiger partial charge on any atom is 0.375 e. The molecule has 1 aromatic rings. The number of rotatable bonds is 6. The summed E-state index contributed by atoms with van der Waals surface area (Å²) >= 11 is 0. The molecule has 5 atom stereocenters. The lowest BCUT2D eigenvalue weighted by Gasteiger charge is -2.39. The van der Waals surface area contributed by atoms with Crippen LogP contribution < -0.4 is 14.2 Å². The van der Waals surface area contributed by atoms with Gasteiger partial charge in [0.1, 0.15) is 18.1 Å². The second-order valence-electron chi connectivity index (χ2n) is 9.82. The lowest BCUT2D eigenvalue weighted by atomic mass is 9.63. The van der Waals surface area contributed by atoms with Gasteiger partial charge in [-0.25, -0.2) is 9.59 Å². The summed E-state index contributed by atoms with van der Waals surface area (Å²) in [6, 6.07) is 1.67. The Morgan fingerprint density at radius 3 is 2.49 bits per heavy atom. The number of carbonyl (C=O) groups is 4. The van der Waals surface area contributed by atoms with Crippen LogP contribution in [-0.2, 0) is 38.8 Å². The highest BCUT2D eigenvalue weighted by Crippen LogP contribution is 2.59. The molecule has 10 heteroatoms. The number of ketones is 1. The third-order valence-electron chi connectivity index (χ3n) is 7.79. The highest BCUT2D eigenvalue weighted by Gasteiger charge is 2.58. The molecule has 0 spiro atoms. The lowest BCUT2D eigenvalue weighted by Crippen LogP contribution is -2.47. The zero-order valence-corrected chi connectivity index (χ0v) is 21.9. The molecule has 0 aromatic heterocycles. The van der Waals surface area contributed by atoms with Gasteiger partial charge in [0.2, 0.25) is 12.5 Å². The molecule has 200 valence electrons. The summed E-state index contributed by atoms with van der Waals surface area (Å²) in [5.41, 5.74) is -0.606. The molecule has 0 N–H and O–H groups in total. The van der Waals surface area contributed by atoms with Crippen LogP contribution in [0.4, 0.5) is 0 Å². The molecule has 1 aromatic carbocycles. The quantitative estimate of drug-likeness (QED) is 0.241. The van der Waals surface area contributed by atoms with E-state index < -0.39 is 29.2 Å². The van der Waals surface area contributed by atoms with E-state index in [4.69, 9.17) is 28.4 Å². The SMILES string of the molecule is CCC(C)C(=O)OC1c2cc3c(c4c2C(C(=O)C(=O)OC)(CO4)C(=CC(=O)OC)CC(C)C1C)OCO3. The fourth-order valence-corrected chi connectivity index (χ4v) is 5.18. The number of esters is 3. The number of Topliss-reactive ketones (excluding diaryl/α,β-unsaturated/α-hetero) is 1. The molecular formula is C27H32O10. The summed E-state index contributed by atoms with van der Waals surface area (Å²) in [4.78, 5) is 52.1. The lowest BCUT2D eigenvalue weighted by molar-refractivity contribution is -0.158. The van der Waals surface area contributed by atoms with Gasteiger partial charge in [-0.05, 0) is 30.4 Å². The molecule has 0 saturated carbocycles. The van der Waals surface area contributed by atoms with Crippen LogP contribution in [0.1, 0.15) is 57.8 Å². The van der Waals surface area contributed by atoms with E-state index in [1.165, 1.54) is 13.2 Å². The first kappa shape index (κ1) is 26.5. The van der Waals surface area contributed by atoms with E-state index in [-0.39, 0.29) is 55.0 Å². The molecule has 5 unspecified atom stereocenters. The normalized spacial score (nSPS) is 27.3. The maximum atomic E-state index is 13.9. The number of benzene rings is 1. The number of hydrogen-bond acceptors (Lipinski definition) is 10. The molecule has 10 nitrogen and oxygen atoms in total. The first-order chi connectivity index (χ1) is 17.6. The van der Waals surface area contributed by atoms with Crippen LogP contribution >= 0.6 is 0 Å². The Balaban J connectivity index is 2.06. The van der Waals surface area contributed by atoms with Gasteiger partial charge in [0.25, 0.3) is 5.78 Å². The monoisotopic (exact) mass is 516 g/mol. The van der Waals surface area contributed by atoms with Crippen molar-refractivity contribution in [3.05, 3.63) is 28.8 Å². The topological polar surface area (TPSA) is 124 Å². The highest BCUT2D eigenvalue weighted by molar-refractivity contribution is 6.38. The Hall–Kier alpha value is -3.56.